The number of esters is 1. The average molecular weight is 245 g/mol. The van der Waals surface area contributed by atoms with E-state index in [-0.39, 0.29) is 6.61 Å². The van der Waals surface area contributed by atoms with Gasteiger partial charge in [-0.05, 0) is 24.6 Å². The third-order valence-corrected chi connectivity index (χ3v) is 2.31. The van der Waals surface area contributed by atoms with Gasteiger partial charge in [0, 0.05) is 0 Å². The van der Waals surface area contributed by atoms with Crippen LogP contribution in [-0.4, -0.2) is 24.8 Å². The van der Waals surface area contributed by atoms with Gasteiger partial charge in [-0.1, -0.05) is 17.7 Å². The molecule has 0 bridgehead atoms. The molecular weight excluding hydrogens is 232 g/mol. The van der Waals surface area contributed by atoms with E-state index in [1.807, 2.05) is 0 Å². The van der Waals surface area contributed by atoms with E-state index in [0.29, 0.717) is 16.3 Å². The monoisotopic (exact) mass is 244 g/mol. The topological polar surface area (TPSA) is 55.8 Å². The van der Waals surface area contributed by atoms with Crippen LogP contribution in [0.25, 0.3) is 0 Å². The van der Waals surface area contributed by atoms with Crippen molar-refractivity contribution in [3.8, 4) is 5.75 Å². The maximum absolute atomic E-state index is 10.8. The zero-order valence-corrected chi connectivity index (χ0v) is 9.82. The number of hydrogen-bond acceptors (Lipinski definition) is 4. The Balaban J connectivity index is 2.72. The fourth-order valence-corrected chi connectivity index (χ4v) is 1.33. The first-order valence-corrected chi connectivity index (χ1v) is 5.09. The molecule has 0 radical (unpaired) electrons. The normalized spacial score (nSPS) is 12.0. The van der Waals surface area contributed by atoms with Crippen LogP contribution in [0.4, 0.5) is 0 Å². The maximum atomic E-state index is 10.8. The lowest BCUT2D eigenvalue weighted by Gasteiger charge is -2.09. The molecule has 0 saturated carbocycles. The van der Waals surface area contributed by atoms with E-state index in [1.54, 1.807) is 25.1 Å². The molecule has 0 saturated heterocycles. The van der Waals surface area contributed by atoms with Crippen LogP contribution in [0.2, 0.25) is 5.02 Å². The summed E-state index contributed by atoms with van der Waals surface area (Å²) in [5, 5.41) is 9.67. The van der Waals surface area contributed by atoms with Gasteiger partial charge in [0.2, 0.25) is 0 Å². The molecule has 5 heteroatoms. The molecule has 0 aliphatic carbocycles. The zero-order chi connectivity index (χ0) is 12.1. The highest BCUT2D eigenvalue weighted by atomic mass is 35.5. The summed E-state index contributed by atoms with van der Waals surface area (Å²) in [6.07, 6.45) is -0.591. The molecule has 1 aromatic rings. The molecule has 0 spiro atoms. The molecule has 1 N–H and O–H groups in total. The van der Waals surface area contributed by atoms with Crippen LogP contribution in [-0.2, 0) is 9.53 Å². The number of rotatable bonds is 4. The smallest absolute Gasteiger partial charge is 0.343 e. The summed E-state index contributed by atoms with van der Waals surface area (Å²) in [4.78, 5) is 10.8. The molecular formula is C11H13ClO4. The zero-order valence-electron chi connectivity index (χ0n) is 9.07. The molecule has 0 amide bonds. The molecule has 4 nitrogen and oxygen atoms in total. The highest BCUT2D eigenvalue weighted by Crippen LogP contribution is 2.27. The molecule has 88 valence electrons. The second-order valence-corrected chi connectivity index (χ2v) is 3.64. The van der Waals surface area contributed by atoms with Gasteiger partial charge < -0.3 is 14.6 Å². The van der Waals surface area contributed by atoms with Gasteiger partial charge in [0.05, 0.1) is 18.2 Å². The number of aliphatic hydroxyl groups is 1. The third-order valence-electron chi connectivity index (χ3n) is 2.01. The van der Waals surface area contributed by atoms with Gasteiger partial charge >= 0.3 is 5.97 Å². The molecule has 1 aromatic carbocycles. The van der Waals surface area contributed by atoms with Gasteiger partial charge in [0.15, 0.2) is 6.61 Å². The highest BCUT2D eigenvalue weighted by molar-refractivity contribution is 6.32. The largest absolute Gasteiger partial charge is 0.480 e. The minimum absolute atomic E-state index is 0.190. The number of hydrogen-bond donors (Lipinski definition) is 1. The van der Waals surface area contributed by atoms with Gasteiger partial charge in [-0.2, -0.15) is 0 Å². The van der Waals surface area contributed by atoms with Gasteiger partial charge in [0.25, 0.3) is 0 Å². The van der Waals surface area contributed by atoms with E-state index in [1.165, 1.54) is 7.11 Å². The van der Waals surface area contributed by atoms with E-state index < -0.39 is 12.1 Å². The number of aliphatic hydroxyl groups excluding tert-OH is 1. The summed E-state index contributed by atoms with van der Waals surface area (Å²) in [5.41, 5.74) is 0.690. The Labute approximate surface area is 98.7 Å². The van der Waals surface area contributed by atoms with Crippen LogP contribution in [0.1, 0.15) is 18.6 Å². The van der Waals surface area contributed by atoms with Crippen molar-refractivity contribution in [1.29, 1.82) is 0 Å². The fraction of sp³-hybridized carbons (Fsp3) is 0.364. The second kappa shape index (κ2) is 5.72. The van der Waals surface area contributed by atoms with Crippen molar-refractivity contribution < 1.29 is 19.4 Å². The minimum atomic E-state index is -0.591. The van der Waals surface area contributed by atoms with E-state index in [2.05, 4.69) is 4.74 Å². The van der Waals surface area contributed by atoms with Gasteiger partial charge in [-0.25, -0.2) is 4.79 Å². The lowest BCUT2D eigenvalue weighted by Crippen LogP contribution is -2.12. The van der Waals surface area contributed by atoms with Crippen LogP contribution >= 0.6 is 11.6 Å². The molecule has 0 heterocycles. The fourth-order valence-electron chi connectivity index (χ4n) is 1.09. The number of benzene rings is 1. The summed E-state index contributed by atoms with van der Waals surface area (Å²) in [6.45, 7) is 1.45. The Morgan fingerprint density at radius 2 is 2.25 bits per heavy atom. The predicted octanol–water partition coefficient (Wildman–Crippen LogP) is 1.95. The van der Waals surface area contributed by atoms with E-state index in [0.717, 1.165) is 0 Å². The molecule has 0 fully saturated rings. The number of ether oxygens (including phenoxy) is 2. The lowest BCUT2D eigenvalue weighted by molar-refractivity contribution is -0.142. The van der Waals surface area contributed by atoms with Crippen molar-refractivity contribution in [3.63, 3.8) is 0 Å². The number of carbonyl (C=O) groups is 1. The molecule has 0 aliphatic heterocycles. The second-order valence-electron chi connectivity index (χ2n) is 3.23. The van der Waals surface area contributed by atoms with Crippen molar-refractivity contribution in [2.75, 3.05) is 13.7 Å². The number of halogens is 1. The lowest BCUT2D eigenvalue weighted by atomic mass is 10.1. The summed E-state index contributed by atoms with van der Waals surface area (Å²) >= 11 is 5.91. The third kappa shape index (κ3) is 3.40. The molecule has 0 aliphatic rings. The Kier molecular flexibility index (Phi) is 4.58. The first kappa shape index (κ1) is 12.8. The summed E-state index contributed by atoms with van der Waals surface area (Å²) < 4.78 is 9.56. The standard InChI is InChI=1S/C11H13ClO4/c1-7(13)8-3-4-10(9(12)5-8)16-6-11(14)15-2/h3-5,7,13H,6H2,1-2H3. The average Bonchev–Trinajstić information content (AvgIpc) is 2.26. The molecule has 1 rings (SSSR count). The van der Waals surface area contributed by atoms with Crippen LogP contribution in [0.5, 0.6) is 5.75 Å². The first-order chi connectivity index (χ1) is 7.54. The Hall–Kier alpha value is -1.26. The van der Waals surface area contributed by atoms with Crippen LogP contribution < -0.4 is 4.74 Å². The van der Waals surface area contributed by atoms with Crippen LogP contribution in [0.3, 0.4) is 0 Å². The molecule has 0 aromatic heterocycles. The van der Waals surface area contributed by atoms with Crippen molar-refractivity contribution >= 4 is 17.6 Å². The van der Waals surface area contributed by atoms with E-state index in [4.69, 9.17) is 16.3 Å². The molecule has 1 unspecified atom stereocenters. The van der Waals surface area contributed by atoms with Gasteiger partial charge in [-0.3, -0.25) is 0 Å². The Morgan fingerprint density at radius 3 is 2.75 bits per heavy atom. The molecule has 16 heavy (non-hydrogen) atoms. The van der Waals surface area contributed by atoms with E-state index >= 15 is 0 Å². The van der Waals surface area contributed by atoms with Crippen LogP contribution in [0.15, 0.2) is 18.2 Å². The summed E-state index contributed by atoms with van der Waals surface area (Å²) in [5.74, 6) is -0.0906. The number of methoxy groups -OCH3 is 1. The maximum Gasteiger partial charge on any atom is 0.343 e. The van der Waals surface area contributed by atoms with Crippen molar-refractivity contribution in [1.82, 2.24) is 0 Å². The Bertz CT molecular complexity index is 376. The van der Waals surface area contributed by atoms with Gasteiger partial charge in [0.1, 0.15) is 5.75 Å². The SMILES string of the molecule is COC(=O)COc1ccc(C(C)O)cc1Cl. The number of carbonyl (C=O) groups excluding carboxylic acids is 1. The quantitative estimate of drug-likeness (QED) is 0.823. The Morgan fingerprint density at radius 1 is 1.56 bits per heavy atom. The highest BCUT2D eigenvalue weighted by Gasteiger charge is 2.08. The van der Waals surface area contributed by atoms with Crippen molar-refractivity contribution in [2.45, 2.75) is 13.0 Å². The summed E-state index contributed by atoms with van der Waals surface area (Å²) in [7, 11) is 1.28. The van der Waals surface area contributed by atoms with Crippen molar-refractivity contribution in [2.24, 2.45) is 0 Å². The van der Waals surface area contributed by atoms with E-state index in [9.17, 15) is 9.90 Å². The molecule has 1 atom stereocenters. The predicted molar refractivity (Wildman–Crippen MR) is 59.6 cm³/mol. The van der Waals surface area contributed by atoms with Crippen LogP contribution in [0, 0.1) is 0 Å². The van der Waals surface area contributed by atoms with Crippen molar-refractivity contribution in [3.05, 3.63) is 28.8 Å². The minimum Gasteiger partial charge on any atom is -0.480 e. The summed E-state index contributed by atoms with van der Waals surface area (Å²) in [6, 6.07) is 4.88. The van der Waals surface area contributed by atoms with Gasteiger partial charge in [-0.15, -0.1) is 0 Å². The first-order valence-electron chi connectivity index (χ1n) is 4.71.